The van der Waals surface area contributed by atoms with E-state index >= 15 is 0 Å². The van der Waals surface area contributed by atoms with Crippen LogP contribution < -0.4 is 4.74 Å². The fourth-order valence-corrected chi connectivity index (χ4v) is 6.51. The quantitative estimate of drug-likeness (QED) is 0.449. The molecule has 4 rings (SSSR count). The molecule has 1 aliphatic rings. The average Bonchev–Trinajstić information content (AvgIpc) is 3.10. The molecular formula is C23H25F2N3O4S. The minimum atomic E-state index is -3.04. The van der Waals surface area contributed by atoms with E-state index < -0.39 is 28.3 Å². The number of hydrogen-bond acceptors (Lipinski definition) is 6. The predicted octanol–water partition coefficient (Wildman–Crippen LogP) is 4.33. The van der Waals surface area contributed by atoms with Crippen LogP contribution in [-0.2, 0) is 9.84 Å². The van der Waals surface area contributed by atoms with Gasteiger partial charge in [0.1, 0.15) is 23.6 Å². The van der Waals surface area contributed by atoms with Gasteiger partial charge < -0.3 is 4.74 Å². The summed E-state index contributed by atoms with van der Waals surface area (Å²) in [6, 6.07) is 8.42. The number of sulfone groups is 1. The molecule has 0 radical (unpaired) electrons. The van der Waals surface area contributed by atoms with Crippen molar-refractivity contribution in [2.24, 2.45) is 5.41 Å². The van der Waals surface area contributed by atoms with Crippen LogP contribution in [0.15, 0.2) is 36.5 Å². The lowest BCUT2D eigenvalue weighted by molar-refractivity contribution is 0.0819. The van der Waals surface area contributed by atoms with Gasteiger partial charge in [0.25, 0.3) is 6.43 Å². The van der Waals surface area contributed by atoms with Gasteiger partial charge >= 0.3 is 0 Å². The molecule has 0 saturated carbocycles. The normalized spacial score (nSPS) is 16.8. The lowest BCUT2D eigenvalue weighted by Gasteiger charge is -2.37. The molecule has 1 fully saturated rings. The van der Waals surface area contributed by atoms with E-state index in [1.807, 2.05) is 13.8 Å². The highest BCUT2D eigenvalue weighted by molar-refractivity contribution is 7.92. The third-order valence-corrected chi connectivity index (χ3v) is 7.84. The Balaban J connectivity index is 1.68. The van der Waals surface area contributed by atoms with Crippen LogP contribution in [0.25, 0.3) is 22.3 Å². The van der Waals surface area contributed by atoms with Gasteiger partial charge in [-0.3, -0.25) is 14.5 Å². The van der Waals surface area contributed by atoms with Gasteiger partial charge in [0, 0.05) is 35.2 Å². The number of pyridine rings is 1. The zero-order chi connectivity index (χ0) is 24.0. The highest BCUT2D eigenvalue weighted by Crippen LogP contribution is 2.37. The van der Waals surface area contributed by atoms with Gasteiger partial charge in [-0.2, -0.15) is 5.10 Å². The third kappa shape index (κ3) is 4.90. The summed E-state index contributed by atoms with van der Waals surface area (Å²) in [6.45, 7) is 5.01. The second-order valence-corrected chi connectivity index (χ2v) is 11.2. The Morgan fingerprint density at radius 1 is 1.24 bits per heavy atom. The summed E-state index contributed by atoms with van der Waals surface area (Å²) in [5.41, 5.74) is 2.30. The van der Waals surface area contributed by atoms with Crippen molar-refractivity contribution < 1.29 is 26.7 Å². The molecule has 0 spiro atoms. The Hall–Kier alpha value is -2.88. The number of Topliss-reactive ketones (excluding diaryl/α,β-unsaturated/α-hetero) is 1. The monoisotopic (exact) mass is 477 g/mol. The Labute approximate surface area is 190 Å². The van der Waals surface area contributed by atoms with Crippen LogP contribution in [0.5, 0.6) is 5.75 Å². The van der Waals surface area contributed by atoms with Crippen molar-refractivity contribution in [1.82, 2.24) is 14.8 Å². The summed E-state index contributed by atoms with van der Waals surface area (Å²) in [4.78, 5) is 17.4. The number of benzene rings is 1. The van der Waals surface area contributed by atoms with Crippen LogP contribution in [0.2, 0.25) is 0 Å². The second-order valence-electron chi connectivity index (χ2n) is 9.15. The molecule has 1 aromatic carbocycles. The molecule has 176 valence electrons. The molecule has 7 nitrogen and oxygen atoms in total. The number of carbonyl (C=O) groups is 1. The van der Waals surface area contributed by atoms with Crippen LogP contribution in [0.4, 0.5) is 8.78 Å². The van der Waals surface area contributed by atoms with Gasteiger partial charge in [0.05, 0.1) is 17.0 Å². The van der Waals surface area contributed by atoms with Crippen molar-refractivity contribution in [3.63, 3.8) is 0 Å². The maximum atomic E-state index is 12.9. The average molecular weight is 478 g/mol. The molecule has 0 atom stereocenters. The molecule has 0 aliphatic carbocycles. The number of halogens is 2. The van der Waals surface area contributed by atoms with Gasteiger partial charge in [-0.05, 0) is 32.0 Å². The maximum Gasteiger partial charge on any atom is 0.272 e. The molecular weight excluding hydrogens is 452 g/mol. The highest BCUT2D eigenvalue weighted by Gasteiger charge is 2.45. The number of alkyl halides is 2. The number of ether oxygens (including phenoxy) is 1. The summed E-state index contributed by atoms with van der Waals surface area (Å²) < 4.78 is 55.0. The van der Waals surface area contributed by atoms with Crippen LogP contribution in [-0.4, -0.2) is 53.5 Å². The van der Waals surface area contributed by atoms with Crippen molar-refractivity contribution in [2.45, 2.75) is 39.7 Å². The van der Waals surface area contributed by atoms with Crippen LogP contribution in [0.1, 0.15) is 43.6 Å². The van der Waals surface area contributed by atoms with Gasteiger partial charge in [-0.15, -0.1) is 0 Å². The molecule has 3 heterocycles. The minimum Gasteiger partial charge on any atom is -0.488 e. The molecule has 0 amide bonds. The molecule has 33 heavy (non-hydrogen) atoms. The first kappa shape index (κ1) is 23.3. The van der Waals surface area contributed by atoms with E-state index in [4.69, 9.17) is 4.74 Å². The lowest BCUT2D eigenvalue weighted by atomic mass is 9.86. The summed E-state index contributed by atoms with van der Waals surface area (Å²) in [6.07, 6.45) is -0.964. The number of hydrogen-bond donors (Lipinski definition) is 0. The van der Waals surface area contributed by atoms with Crippen LogP contribution in [0.3, 0.4) is 0 Å². The molecule has 1 saturated heterocycles. The van der Waals surface area contributed by atoms with E-state index in [-0.39, 0.29) is 29.8 Å². The molecule has 10 heteroatoms. The molecule has 0 N–H and O–H groups in total. The fourth-order valence-electron chi connectivity index (χ4n) is 4.26. The van der Waals surface area contributed by atoms with E-state index in [9.17, 15) is 22.0 Å². The predicted molar refractivity (Wildman–Crippen MR) is 121 cm³/mol. The van der Waals surface area contributed by atoms with E-state index in [1.165, 1.54) is 6.20 Å². The van der Waals surface area contributed by atoms with Crippen molar-refractivity contribution in [3.05, 3.63) is 42.1 Å². The van der Waals surface area contributed by atoms with Crippen molar-refractivity contribution >= 4 is 26.7 Å². The summed E-state index contributed by atoms with van der Waals surface area (Å²) >= 11 is 0. The standard InChI is InChI=1S/C23H25F2N3O4S/c1-14(2)28-18-8-16(19(29)9-23(3)12-33(30,31)13-23)10-26-22(18)21(27-28)15-5-4-6-17(7-15)32-11-20(24)25/h4-8,10,14,20H,9,11-13H2,1-3H3. The largest absolute Gasteiger partial charge is 0.488 e. The van der Waals surface area contributed by atoms with E-state index in [0.29, 0.717) is 33.6 Å². The summed E-state index contributed by atoms with van der Waals surface area (Å²) in [5, 5.41) is 4.68. The van der Waals surface area contributed by atoms with Gasteiger partial charge in [0.2, 0.25) is 0 Å². The lowest BCUT2D eigenvalue weighted by Crippen LogP contribution is -2.47. The highest BCUT2D eigenvalue weighted by atomic mass is 32.2. The fraction of sp³-hybridized carbons (Fsp3) is 0.435. The first-order valence-corrected chi connectivity index (χ1v) is 12.4. The minimum absolute atomic E-state index is 0.0134. The van der Waals surface area contributed by atoms with Crippen LogP contribution in [0, 0.1) is 5.41 Å². The van der Waals surface area contributed by atoms with Crippen molar-refractivity contribution in [2.75, 3.05) is 18.1 Å². The number of aromatic nitrogens is 3. The number of carbonyl (C=O) groups excluding carboxylic acids is 1. The Morgan fingerprint density at radius 3 is 2.61 bits per heavy atom. The third-order valence-electron chi connectivity index (χ3n) is 5.57. The number of fused-ring (bicyclic) bond motifs is 1. The zero-order valence-electron chi connectivity index (χ0n) is 18.6. The van der Waals surface area contributed by atoms with Crippen LogP contribution >= 0.6 is 0 Å². The number of nitrogens with zero attached hydrogens (tertiary/aromatic N) is 3. The first-order chi connectivity index (χ1) is 15.5. The van der Waals surface area contributed by atoms with E-state index in [1.54, 1.807) is 41.9 Å². The summed E-state index contributed by atoms with van der Waals surface area (Å²) in [7, 11) is -3.04. The second kappa shape index (κ2) is 8.48. The van der Waals surface area contributed by atoms with Crippen molar-refractivity contribution in [1.29, 1.82) is 0 Å². The SMILES string of the molecule is CC(C)n1nc(-c2cccc(OCC(F)F)c2)c2ncc(C(=O)CC3(C)CS(=O)(=O)C3)cc21. The van der Waals surface area contributed by atoms with Gasteiger partial charge in [-0.25, -0.2) is 17.2 Å². The Kier molecular flexibility index (Phi) is 5.98. The van der Waals surface area contributed by atoms with E-state index in [0.717, 1.165) is 0 Å². The Bertz CT molecular complexity index is 1310. The molecule has 3 aromatic rings. The number of rotatable bonds is 8. The first-order valence-electron chi connectivity index (χ1n) is 10.6. The summed E-state index contributed by atoms with van der Waals surface area (Å²) in [5.74, 6) is 0.164. The zero-order valence-corrected chi connectivity index (χ0v) is 19.4. The van der Waals surface area contributed by atoms with Crippen molar-refractivity contribution in [3.8, 4) is 17.0 Å². The topological polar surface area (TPSA) is 91.2 Å². The molecule has 1 aliphatic heterocycles. The number of ketones is 1. The molecule has 2 aromatic heterocycles. The maximum absolute atomic E-state index is 12.9. The molecule has 0 unspecified atom stereocenters. The Morgan fingerprint density at radius 2 is 1.97 bits per heavy atom. The van der Waals surface area contributed by atoms with Gasteiger partial charge in [0.15, 0.2) is 15.6 Å². The van der Waals surface area contributed by atoms with Gasteiger partial charge in [-0.1, -0.05) is 19.1 Å². The smallest absolute Gasteiger partial charge is 0.272 e. The molecule has 0 bridgehead atoms. The van der Waals surface area contributed by atoms with E-state index in [2.05, 4.69) is 10.1 Å².